The van der Waals surface area contributed by atoms with Crippen molar-refractivity contribution in [3.63, 3.8) is 0 Å². The highest BCUT2D eigenvalue weighted by atomic mass is 35.5. The maximum absolute atomic E-state index is 5.86. The van der Waals surface area contributed by atoms with Crippen LogP contribution in [-0.2, 0) is 7.05 Å². The second-order valence-electron chi connectivity index (χ2n) is 2.72. The molecule has 2 rings (SSSR count). The number of aromatic nitrogens is 3. The van der Waals surface area contributed by atoms with Crippen LogP contribution in [0.2, 0.25) is 5.15 Å². The van der Waals surface area contributed by atoms with Crippen molar-refractivity contribution in [2.75, 3.05) is 0 Å². The Bertz CT molecular complexity index is 389. The van der Waals surface area contributed by atoms with Crippen molar-refractivity contribution in [1.29, 1.82) is 0 Å². The number of pyridine rings is 1. The minimum atomic E-state index is 0.624. The molecule has 0 radical (unpaired) electrons. The predicted molar refractivity (Wildman–Crippen MR) is 51.4 cm³/mol. The Morgan fingerprint density at radius 3 is 2.85 bits per heavy atom. The summed E-state index contributed by atoms with van der Waals surface area (Å²) in [6, 6.07) is 5.64. The van der Waals surface area contributed by atoms with Gasteiger partial charge in [-0.25, -0.2) is 0 Å². The minimum Gasteiger partial charge on any atom is -0.264 e. The summed E-state index contributed by atoms with van der Waals surface area (Å²) < 4.78 is 1.63. The van der Waals surface area contributed by atoms with E-state index < -0.39 is 0 Å². The molecule has 0 aliphatic heterocycles. The van der Waals surface area contributed by atoms with Gasteiger partial charge in [-0.05, 0) is 12.1 Å². The molecular formula is C9H8ClN3. The molecule has 2 aromatic heterocycles. The van der Waals surface area contributed by atoms with E-state index in [4.69, 9.17) is 11.6 Å². The Labute approximate surface area is 81.0 Å². The van der Waals surface area contributed by atoms with Crippen LogP contribution < -0.4 is 0 Å². The number of rotatable bonds is 1. The summed E-state index contributed by atoms with van der Waals surface area (Å²) in [7, 11) is 1.81. The number of halogens is 1. The van der Waals surface area contributed by atoms with Crippen LogP contribution in [0.15, 0.2) is 30.6 Å². The molecule has 0 fully saturated rings. The van der Waals surface area contributed by atoms with Crippen molar-refractivity contribution in [3.8, 4) is 11.3 Å². The van der Waals surface area contributed by atoms with Gasteiger partial charge in [0.1, 0.15) is 5.15 Å². The zero-order valence-electron chi connectivity index (χ0n) is 7.11. The Balaban J connectivity index is 2.48. The highest BCUT2D eigenvalue weighted by Crippen LogP contribution is 2.19. The predicted octanol–water partition coefficient (Wildman–Crippen LogP) is 2.14. The van der Waals surface area contributed by atoms with E-state index in [2.05, 4.69) is 10.1 Å². The van der Waals surface area contributed by atoms with Gasteiger partial charge in [0.2, 0.25) is 0 Å². The molecule has 13 heavy (non-hydrogen) atoms. The minimum absolute atomic E-state index is 0.624. The quantitative estimate of drug-likeness (QED) is 0.695. The first-order valence-electron chi connectivity index (χ1n) is 3.87. The summed E-state index contributed by atoms with van der Waals surface area (Å²) in [5, 5.41) is 4.85. The van der Waals surface area contributed by atoms with Gasteiger partial charge in [0.05, 0.1) is 5.69 Å². The van der Waals surface area contributed by atoms with Gasteiger partial charge in [-0.15, -0.1) is 0 Å². The van der Waals surface area contributed by atoms with E-state index in [1.807, 2.05) is 25.2 Å². The van der Waals surface area contributed by atoms with E-state index in [9.17, 15) is 0 Å². The summed E-state index contributed by atoms with van der Waals surface area (Å²) in [5.74, 6) is 0. The van der Waals surface area contributed by atoms with Crippen molar-refractivity contribution < 1.29 is 0 Å². The molecule has 0 N–H and O–H groups in total. The third kappa shape index (κ3) is 1.55. The van der Waals surface area contributed by atoms with E-state index in [1.165, 1.54) is 0 Å². The smallest absolute Gasteiger partial charge is 0.127 e. The van der Waals surface area contributed by atoms with Gasteiger partial charge in [-0.1, -0.05) is 11.6 Å². The van der Waals surface area contributed by atoms with Gasteiger partial charge in [0.25, 0.3) is 0 Å². The molecular weight excluding hydrogens is 186 g/mol. The van der Waals surface area contributed by atoms with Crippen LogP contribution in [0, 0.1) is 0 Å². The van der Waals surface area contributed by atoms with Crippen LogP contribution in [0.3, 0.4) is 0 Å². The average molecular weight is 194 g/mol. The summed E-state index contributed by atoms with van der Waals surface area (Å²) in [5.41, 5.74) is 1.82. The molecule has 3 nitrogen and oxygen atoms in total. The Kier molecular flexibility index (Phi) is 2.02. The van der Waals surface area contributed by atoms with Gasteiger partial charge >= 0.3 is 0 Å². The van der Waals surface area contributed by atoms with E-state index in [0.29, 0.717) is 5.15 Å². The maximum Gasteiger partial charge on any atom is 0.127 e. The van der Waals surface area contributed by atoms with E-state index in [-0.39, 0.29) is 0 Å². The molecule has 0 spiro atoms. The molecule has 0 aliphatic carbocycles. The van der Waals surface area contributed by atoms with Crippen LogP contribution in [-0.4, -0.2) is 14.8 Å². The number of aryl methyl sites for hydroxylation is 1. The lowest BCUT2D eigenvalue weighted by Crippen LogP contribution is -1.89. The van der Waals surface area contributed by atoms with Crippen LogP contribution in [0.5, 0.6) is 0 Å². The standard InChI is InChI=1S/C9H8ClN3/c1-13-9(10)5-8(12-13)7-3-2-4-11-6-7/h2-6H,1H3. The highest BCUT2D eigenvalue weighted by Gasteiger charge is 2.04. The molecule has 4 heteroatoms. The molecule has 0 atom stereocenters. The number of hydrogen-bond donors (Lipinski definition) is 0. The van der Waals surface area contributed by atoms with Gasteiger partial charge in [0, 0.05) is 31.1 Å². The normalized spacial score (nSPS) is 10.3. The van der Waals surface area contributed by atoms with Crippen molar-refractivity contribution in [2.45, 2.75) is 0 Å². The first kappa shape index (κ1) is 8.26. The fourth-order valence-electron chi connectivity index (χ4n) is 1.10. The monoisotopic (exact) mass is 193 g/mol. The van der Waals surface area contributed by atoms with Crippen LogP contribution in [0.25, 0.3) is 11.3 Å². The summed E-state index contributed by atoms with van der Waals surface area (Å²) in [6.45, 7) is 0. The largest absolute Gasteiger partial charge is 0.264 e. The van der Waals surface area contributed by atoms with Crippen LogP contribution in [0.4, 0.5) is 0 Å². The van der Waals surface area contributed by atoms with Crippen LogP contribution in [0.1, 0.15) is 0 Å². The average Bonchev–Trinajstić information content (AvgIpc) is 2.49. The Hall–Kier alpha value is -1.35. The number of hydrogen-bond acceptors (Lipinski definition) is 2. The lowest BCUT2D eigenvalue weighted by atomic mass is 10.2. The molecule has 0 unspecified atom stereocenters. The fourth-order valence-corrected chi connectivity index (χ4v) is 1.24. The molecule has 0 saturated carbocycles. The van der Waals surface area contributed by atoms with Crippen molar-refractivity contribution in [1.82, 2.24) is 14.8 Å². The van der Waals surface area contributed by atoms with Gasteiger partial charge in [-0.3, -0.25) is 9.67 Å². The zero-order valence-corrected chi connectivity index (χ0v) is 7.86. The molecule has 0 bridgehead atoms. The Morgan fingerprint density at radius 2 is 2.31 bits per heavy atom. The molecule has 0 amide bonds. The third-order valence-corrected chi connectivity index (χ3v) is 2.13. The third-order valence-electron chi connectivity index (χ3n) is 1.78. The number of nitrogens with zero attached hydrogens (tertiary/aromatic N) is 3. The molecule has 2 aromatic rings. The molecule has 2 heterocycles. The van der Waals surface area contributed by atoms with Crippen LogP contribution >= 0.6 is 11.6 Å². The SMILES string of the molecule is Cn1nc(-c2cccnc2)cc1Cl. The summed E-state index contributed by atoms with van der Waals surface area (Å²) in [4.78, 5) is 4.01. The first-order chi connectivity index (χ1) is 6.27. The van der Waals surface area contributed by atoms with Crippen molar-refractivity contribution >= 4 is 11.6 Å². The summed E-state index contributed by atoms with van der Waals surface area (Å²) >= 11 is 5.86. The molecule has 0 saturated heterocycles. The van der Waals surface area contributed by atoms with E-state index in [0.717, 1.165) is 11.3 Å². The maximum atomic E-state index is 5.86. The fraction of sp³-hybridized carbons (Fsp3) is 0.111. The second kappa shape index (κ2) is 3.18. The highest BCUT2D eigenvalue weighted by molar-refractivity contribution is 6.29. The lowest BCUT2D eigenvalue weighted by molar-refractivity contribution is 0.771. The van der Waals surface area contributed by atoms with E-state index >= 15 is 0 Å². The zero-order chi connectivity index (χ0) is 9.26. The van der Waals surface area contributed by atoms with Gasteiger partial charge in [0.15, 0.2) is 0 Å². The Morgan fingerprint density at radius 1 is 1.46 bits per heavy atom. The molecule has 66 valence electrons. The molecule has 0 aliphatic rings. The van der Waals surface area contributed by atoms with Gasteiger partial charge < -0.3 is 0 Å². The lowest BCUT2D eigenvalue weighted by Gasteiger charge is -1.92. The van der Waals surface area contributed by atoms with Crippen molar-refractivity contribution in [2.24, 2.45) is 7.05 Å². The second-order valence-corrected chi connectivity index (χ2v) is 3.10. The van der Waals surface area contributed by atoms with Gasteiger partial charge in [-0.2, -0.15) is 5.10 Å². The molecule has 0 aromatic carbocycles. The summed E-state index contributed by atoms with van der Waals surface area (Å²) in [6.07, 6.45) is 3.49. The topological polar surface area (TPSA) is 30.7 Å². The van der Waals surface area contributed by atoms with Crippen molar-refractivity contribution in [3.05, 3.63) is 35.7 Å². The first-order valence-corrected chi connectivity index (χ1v) is 4.25. The van der Waals surface area contributed by atoms with E-state index in [1.54, 1.807) is 17.1 Å².